The van der Waals surface area contributed by atoms with Gasteiger partial charge in [0, 0.05) is 0 Å². The molecule has 94 valence electrons. The molecule has 2 aliphatic rings. The maximum absolute atomic E-state index is 12.3. The minimum Gasteiger partial charge on any atom is -0.274 e. The average Bonchev–Trinajstić information content (AvgIpc) is 2.82. The number of rotatable bonds is 1. The van der Waals surface area contributed by atoms with Crippen LogP contribution in [0.5, 0.6) is 0 Å². The molecule has 2 fully saturated rings. The Morgan fingerprint density at radius 2 is 1.78 bits per heavy atom. The van der Waals surface area contributed by atoms with Gasteiger partial charge in [0.15, 0.2) is 5.82 Å². The van der Waals surface area contributed by atoms with E-state index in [4.69, 9.17) is 0 Å². The third-order valence-electron chi connectivity index (χ3n) is 3.71. The molecule has 2 heterocycles. The van der Waals surface area contributed by atoms with Gasteiger partial charge in [-0.3, -0.25) is 9.59 Å². The second-order valence-electron chi connectivity index (χ2n) is 5.00. The Labute approximate surface area is 113 Å². The van der Waals surface area contributed by atoms with Crippen molar-refractivity contribution in [2.45, 2.75) is 19.8 Å². The fourth-order valence-corrected chi connectivity index (χ4v) is 3.13. The van der Waals surface area contributed by atoms with Gasteiger partial charge >= 0.3 is 0 Å². The van der Waals surface area contributed by atoms with Gasteiger partial charge in [-0.2, -0.15) is 0 Å². The predicted molar refractivity (Wildman–Crippen MR) is 67.6 cm³/mol. The Balaban J connectivity index is 1.93. The molecule has 1 aromatic rings. The Kier molecular flexibility index (Phi) is 2.69. The second-order valence-corrected chi connectivity index (χ2v) is 5.81. The molecule has 2 atom stereocenters. The largest absolute Gasteiger partial charge is 0.274 e. The molecule has 0 bridgehead atoms. The van der Waals surface area contributed by atoms with Gasteiger partial charge < -0.3 is 0 Å². The van der Waals surface area contributed by atoms with Crippen molar-refractivity contribution in [3.63, 3.8) is 0 Å². The van der Waals surface area contributed by atoms with Crippen molar-refractivity contribution in [2.24, 2.45) is 17.8 Å². The molecule has 1 saturated carbocycles. The zero-order chi connectivity index (χ0) is 12.9. The number of nitrogens with zero attached hydrogens (tertiary/aromatic N) is 3. The van der Waals surface area contributed by atoms with Crippen LogP contribution in [-0.4, -0.2) is 21.8 Å². The van der Waals surface area contributed by atoms with Gasteiger partial charge in [0.25, 0.3) is 0 Å². The Hall–Kier alpha value is -1.30. The monoisotopic (exact) mass is 309 g/mol. The Bertz CT molecular complexity index is 493. The number of carbonyl (C=O) groups excluding carboxylic acids is 2. The number of halogens is 1. The van der Waals surface area contributed by atoms with Crippen molar-refractivity contribution in [1.82, 2.24) is 9.97 Å². The summed E-state index contributed by atoms with van der Waals surface area (Å²) in [6.07, 6.45) is 4.54. The van der Waals surface area contributed by atoms with Crippen LogP contribution in [0.2, 0.25) is 0 Å². The molecule has 1 aliphatic heterocycles. The first-order chi connectivity index (χ1) is 8.58. The van der Waals surface area contributed by atoms with Crippen LogP contribution in [0.3, 0.4) is 0 Å². The quantitative estimate of drug-likeness (QED) is 0.742. The van der Waals surface area contributed by atoms with E-state index in [0.29, 0.717) is 16.3 Å². The third-order valence-corrected chi connectivity index (χ3v) is 4.12. The van der Waals surface area contributed by atoms with E-state index >= 15 is 0 Å². The molecular formula is C12H12BrN3O2. The summed E-state index contributed by atoms with van der Waals surface area (Å²) in [5.41, 5.74) is 0. The van der Waals surface area contributed by atoms with Crippen molar-refractivity contribution in [1.29, 1.82) is 0 Å². The summed E-state index contributed by atoms with van der Waals surface area (Å²) >= 11 is 3.18. The Morgan fingerprint density at radius 3 is 2.28 bits per heavy atom. The summed E-state index contributed by atoms with van der Waals surface area (Å²) in [4.78, 5) is 33.8. The molecule has 1 saturated heterocycles. The third kappa shape index (κ3) is 1.67. The van der Waals surface area contributed by atoms with Crippen LogP contribution < -0.4 is 4.90 Å². The number of anilines is 1. The minimum absolute atomic E-state index is 0.119. The lowest BCUT2D eigenvalue weighted by atomic mass is 10.00. The minimum atomic E-state index is -0.155. The molecule has 2 unspecified atom stereocenters. The molecule has 0 spiro atoms. The van der Waals surface area contributed by atoms with Gasteiger partial charge in [0.1, 0.15) is 4.60 Å². The van der Waals surface area contributed by atoms with Crippen LogP contribution in [0.15, 0.2) is 17.0 Å². The fourth-order valence-electron chi connectivity index (χ4n) is 2.92. The molecule has 5 nitrogen and oxygen atoms in total. The maximum atomic E-state index is 12.3. The maximum Gasteiger partial charge on any atom is 0.238 e. The van der Waals surface area contributed by atoms with Crippen molar-refractivity contribution < 1.29 is 9.59 Å². The van der Waals surface area contributed by atoms with Gasteiger partial charge in [-0.15, -0.1) is 0 Å². The van der Waals surface area contributed by atoms with Gasteiger partial charge in [0.2, 0.25) is 11.8 Å². The lowest BCUT2D eigenvalue weighted by Crippen LogP contribution is -2.32. The van der Waals surface area contributed by atoms with Crippen molar-refractivity contribution in [2.75, 3.05) is 4.90 Å². The first-order valence-corrected chi connectivity index (χ1v) is 6.72. The van der Waals surface area contributed by atoms with Gasteiger partial charge in [0.05, 0.1) is 24.2 Å². The molecule has 6 heteroatoms. The van der Waals surface area contributed by atoms with E-state index in [1.165, 1.54) is 17.3 Å². The zero-order valence-electron chi connectivity index (χ0n) is 9.84. The van der Waals surface area contributed by atoms with Crippen LogP contribution in [0.4, 0.5) is 5.82 Å². The van der Waals surface area contributed by atoms with E-state index in [1.807, 2.05) is 0 Å². The van der Waals surface area contributed by atoms with Gasteiger partial charge in [-0.05, 0) is 34.7 Å². The zero-order valence-corrected chi connectivity index (χ0v) is 11.4. The van der Waals surface area contributed by atoms with Crippen LogP contribution >= 0.6 is 15.9 Å². The smallest absolute Gasteiger partial charge is 0.238 e. The van der Waals surface area contributed by atoms with E-state index in [2.05, 4.69) is 32.8 Å². The van der Waals surface area contributed by atoms with Gasteiger partial charge in [-0.1, -0.05) is 6.92 Å². The van der Waals surface area contributed by atoms with Crippen LogP contribution in [0.1, 0.15) is 19.8 Å². The number of carbonyl (C=O) groups is 2. The molecule has 0 N–H and O–H groups in total. The van der Waals surface area contributed by atoms with E-state index in [-0.39, 0.29) is 23.7 Å². The first-order valence-electron chi connectivity index (χ1n) is 5.93. The highest BCUT2D eigenvalue weighted by atomic mass is 79.9. The fraction of sp³-hybridized carbons (Fsp3) is 0.500. The summed E-state index contributed by atoms with van der Waals surface area (Å²) < 4.78 is 0.583. The number of hydrogen-bond donors (Lipinski definition) is 0. The molecular weight excluding hydrogens is 298 g/mol. The van der Waals surface area contributed by atoms with Crippen LogP contribution in [0.25, 0.3) is 0 Å². The van der Waals surface area contributed by atoms with E-state index in [9.17, 15) is 9.59 Å². The number of imide groups is 1. The molecule has 18 heavy (non-hydrogen) atoms. The summed E-state index contributed by atoms with van der Waals surface area (Å²) in [5, 5.41) is 0. The van der Waals surface area contributed by atoms with Crippen molar-refractivity contribution in [3.05, 3.63) is 17.0 Å². The Morgan fingerprint density at radius 1 is 1.17 bits per heavy atom. The SMILES string of the molecule is CC1CC2C(=O)N(c3cnc(Br)cn3)C(=O)C2C1. The number of hydrogen-bond acceptors (Lipinski definition) is 4. The first kappa shape index (κ1) is 11.8. The summed E-state index contributed by atoms with van der Waals surface area (Å²) in [7, 11) is 0. The molecule has 1 aliphatic carbocycles. The standard InChI is InChI=1S/C12H12BrN3O2/c1-6-2-7-8(3-6)12(18)16(11(7)17)10-5-14-9(13)4-15-10/h4-8H,2-3H2,1H3. The summed E-state index contributed by atoms with van der Waals surface area (Å²) in [5.74, 6) is 0.231. The van der Waals surface area contributed by atoms with Crippen LogP contribution in [-0.2, 0) is 9.59 Å². The molecule has 0 radical (unpaired) electrons. The second kappa shape index (κ2) is 4.12. The van der Waals surface area contributed by atoms with E-state index in [0.717, 1.165) is 12.8 Å². The van der Waals surface area contributed by atoms with Gasteiger partial charge in [-0.25, -0.2) is 14.9 Å². The summed E-state index contributed by atoms with van der Waals surface area (Å²) in [6.45, 7) is 2.09. The topological polar surface area (TPSA) is 63.2 Å². The number of fused-ring (bicyclic) bond motifs is 1. The highest BCUT2D eigenvalue weighted by Gasteiger charge is 2.52. The summed E-state index contributed by atoms with van der Waals surface area (Å²) in [6, 6.07) is 0. The lowest BCUT2D eigenvalue weighted by Gasteiger charge is -2.15. The average molecular weight is 310 g/mol. The van der Waals surface area contributed by atoms with Crippen molar-refractivity contribution >= 4 is 33.6 Å². The van der Waals surface area contributed by atoms with Crippen molar-refractivity contribution in [3.8, 4) is 0 Å². The predicted octanol–water partition coefficient (Wildman–Crippen LogP) is 1.77. The molecule has 0 aromatic carbocycles. The lowest BCUT2D eigenvalue weighted by molar-refractivity contribution is -0.123. The number of amides is 2. The normalized spacial score (nSPS) is 31.0. The van der Waals surface area contributed by atoms with E-state index < -0.39 is 0 Å². The van der Waals surface area contributed by atoms with E-state index in [1.54, 1.807) is 0 Å². The molecule has 3 rings (SSSR count). The van der Waals surface area contributed by atoms with Crippen LogP contribution in [0, 0.1) is 17.8 Å². The molecule has 1 aromatic heterocycles. The highest BCUT2D eigenvalue weighted by Crippen LogP contribution is 2.43. The number of aromatic nitrogens is 2. The molecule has 2 amide bonds. The highest BCUT2D eigenvalue weighted by molar-refractivity contribution is 9.10.